The van der Waals surface area contributed by atoms with Crippen LogP contribution in [0, 0.1) is 11.7 Å². The van der Waals surface area contributed by atoms with Gasteiger partial charge in [0.1, 0.15) is 11.9 Å². The van der Waals surface area contributed by atoms with E-state index in [1.807, 2.05) is 24.3 Å². The molecule has 2 aromatic rings. The Kier molecular flexibility index (Phi) is 4.45. The van der Waals surface area contributed by atoms with Crippen molar-refractivity contribution >= 4 is 11.8 Å². The van der Waals surface area contributed by atoms with Crippen molar-refractivity contribution in [3.63, 3.8) is 0 Å². The first-order valence-electron chi connectivity index (χ1n) is 9.02. The Balaban J connectivity index is 1.58. The number of hydrogen-bond donors (Lipinski definition) is 1. The zero-order chi connectivity index (χ0) is 18.1. The van der Waals surface area contributed by atoms with Crippen LogP contribution in [0.25, 0.3) is 0 Å². The fourth-order valence-electron chi connectivity index (χ4n) is 3.53. The lowest BCUT2D eigenvalue weighted by atomic mass is 9.91. The molecule has 5 heteroatoms. The lowest BCUT2D eigenvalue weighted by Gasteiger charge is -2.36. The summed E-state index contributed by atoms with van der Waals surface area (Å²) in [5, 5.41) is 2.82. The van der Waals surface area contributed by atoms with E-state index < -0.39 is 6.04 Å². The first kappa shape index (κ1) is 16.8. The molecular formula is C21H21FN2O2. The third-order valence-electron chi connectivity index (χ3n) is 5.13. The van der Waals surface area contributed by atoms with Crippen LogP contribution in [0.4, 0.5) is 4.39 Å². The van der Waals surface area contributed by atoms with Gasteiger partial charge in [-0.1, -0.05) is 42.5 Å². The second kappa shape index (κ2) is 6.90. The zero-order valence-corrected chi connectivity index (χ0v) is 14.5. The van der Waals surface area contributed by atoms with Crippen molar-refractivity contribution in [2.45, 2.75) is 31.8 Å². The summed E-state index contributed by atoms with van der Waals surface area (Å²) < 4.78 is 13.8. The summed E-state index contributed by atoms with van der Waals surface area (Å²) in [4.78, 5) is 27.3. The van der Waals surface area contributed by atoms with Gasteiger partial charge in [0.2, 0.25) is 11.8 Å². The summed E-state index contributed by atoms with van der Waals surface area (Å²) in [5.74, 6) is -0.120. The third kappa shape index (κ3) is 3.34. The summed E-state index contributed by atoms with van der Waals surface area (Å²) in [5.41, 5.74) is 2.21. The number of amides is 2. The molecule has 2 amide bonds. The smallest absolute Gasteiger partial charge is 0.247 e. The van der Waals surface area contributed by atoms with Crippen molar-refractivity contribution < 1.29 is 14.0 Å². The Labute approximate surface area is 152 Å². The highest BCUT2D eigenvalue weighted by Crippen LogP contribution is 2.36. The Hall–Kier alpha value is -2.69. The van der Waals surface area contributed by atoms with Gasteiger partial charge in [-0.15, -0.1) is 0 Å². The molecule has 134 valence electrons. The average Bonchev–Trinajstić information content (AvgIpc) is 3.45. The second-order valence-electron chi connectivity index (χ2n) is 7.08. The van der Waals surface area contributed by atoms with Gasteiger partial charge in [-0.25, -0.2) is 4.39 Å². The highest BCUT2D eigenvalue weighted by Gasteiger charge is 2.39. The van der Waals surface area contributed by atoms with E-state index in [0.717, 1.165) is 24.0 Å². The Bertz CT molecular complexity index is 847. The van der Waals surface area contributed by atoms with Crippen LogP contribution in [0.3, 0.4) is 0 Å². The molecule has 1 saturated carbocycles. The van der Waals surface area contributed by atoms with E-state index in [0.29, 0.717) is 24.4 Å². The lowest BCUT2D eigenvalue weighted by molar-refractivity contribution is -0.142. The summed E-state index contributed by atoms with van der Waals surface area (Å²) in [6.07, 6.45) is 2.55. The van der Waals surface area contributed by atoms with E-state index in [2.05, 4.69) is 5.32 Å². The maximum atomic E-state index is 13.8. The molecule has 1 heterocycles. The number of hydrogen-bond acceptors (Lipinski definition) is 2. The van der Waals surface area contributed by atoms with Crippen LogP contribution in [0.15, 0.2) is 48.5 Å². The van der Waals surface area contributed by atoms with E-state index in [1.54, 1.807) is 23.1 Å². The van der Waals surface area contributed by atoms with Gasteiger partial charge in [0.25, 0.3) is 0 Å². The van der Waals surface area contributed by atoms with Crippen LogP contribution in [0.2, 0.25) is 0 Å². The van der Waals surface area contributed by atoms with Crippen molar-refractivity contribution in [3.05, 3.63) is 71.0 Å². The average molecular weight is 352 g/mol. The normalized spacial score (nSPS) is 19.2. The Morgan fingerprint density at radius 1 is 1.12 bits per heavy atom. The molecule has 2 aromatic carbocycles. The molecule has 0 aromatic heterocycles. The van der Waals surface area contributed by atoms with Crippen LogP contribution in [-0.2, 0) is 22.6 Å². The molecular weight excluding hydrogens is 331 g/mol. The van der Waals surface area contributed by atoms with Crippen molar-refractivity contribution in [1.29, 1.82) is 0 Å². The maximum Gasteiger partial charge on any atom is 0.247 e. The van der Waals surface area contributed by atoms with Crippen LogP contribution in [0.1, 0.15) is 35.6 Å². The monoisotopic (exact) mass is 352 g/mol. The van der Waals surface area contributed by atoms with Crippen LogP contribution >= 0.6 is 0 Å². The molecule has 1 aliphatic carbocycles. The van der Waals surface area contributed by atoms with E-state index >= 15 is 0 Å². The number of benzene rings is 2. The second-order valence-corrected chi connectivity index (χ2v) is 7.08. The van der Waals surface area contributed by atoms with Crippen molar-refractivity contribution in [1.82, 2.24) is 10.2 Å². The van der Waals surface area contributed by atoms with Gasteiger partial charge in [-0.05, 0) is 36.0 Å². The molecule has 1 aliphatic heterocycles. The summed E-state index contributed by atoms with van der Waals surface area (Å²) in [6, 6.07) is 13.3. The molecule has 0 saturated heterocycles. The Morgan fingerprint density at radius 2 is 1.85 bits per heavy atom. The molecule has 1 atom stereocenters. The van der Waals surface area contributed by atoms with Crippen LogP contribution in [0.5, 0.6) is 0 Å². The molecule has 0 bridgehead atoms. The first-order valence-corrected chi connectivity index (χ1v) is 9.02. The fraction of sp³-hybridized carbons (Fsp3) is 0.333. The van der Waals surface area contributed by atoms with E-state index in [1.165, 1.54) is 6.07 Å². The van der Waals surface area contributed by atoms with Crippen molar-refractivity contribution in [2.24, 2.45) is 5.92 Å². The third-order valence-corrected chi connectivity index (χ3v) is 5.13. The number of nitrogens with zero attached hydrogens (tertiary/aromatic N) is 1. The predicted molar refractivity (Wildman–Crippen MR) is 95.6 cm³/mol. The number of carbonyl (C=O) groups is 2. The number of rotatable bonds is 5. The molecule has 1 unspecified atom stereocenters. The van der Waals surface area contributed by atoms with Gasteiger partial charge in [-0.2, -0.15) is 0 Å². The summed E-state index contributed by atoms with van der Waals surface area (Å²) in [6.45, 7) is 0.723. The van der Waals surface area contributed by atoms with Gasteiger partial charge in [-0.3, -0.25) is 9.59 Å². The van der Waals surface area contributed by atoms with E-state index in [4.69, 9.17) is 0 Å². The topological polar surface area (TPSA) is 49.4 Å². The minimum atomic E-state index is -0.639. The SMILES string of the molecule is O=C(NCc1ccccc1F)C1c2ccccc2CC(=O)N1CC1CC1. The number of fused-ring (bicyclic) bond motifs is 1. The summed E-state index contributed by atoms with van der Waals surface area (Å²) >= 11 is 0. The molecule has 26 heavy (non-hydrogen) atoms. The van der Waals surface area contributed by atoms with Gasteiger partial charge in [0.05, 0.1) is 6.42 Å². The highest BCUT2D eigenvalue weighted by molar-refractivity contribution is 5.92. The van der Waals surface area contributed by atoms with Gasteiger partial charge >= 0.3 is 0 Å². The molecule has 2 aliphatic rings. The number of nitrogens with one attached hydrogen (secondary N) is 1. The molecule has 4 rings (SSSR count). The van der Waals surface area contributed by atoms with Crippen LogP contribution < -0.4 is 5.32 Å². The van der Waals surface area contributed by atoms with Gasteiger partial charge in [0, 0.05) is 18.7 Å². The molecule has 1 N–H and O–H groups in total. The van der Waals surface area contributed by atoms with E-state index in [9.17, 15) is 14.0 Å². The van der Waals surface area contributed by atoms with Gasteiger partial charge in [0.15, 0.2) is 0 Å². The standard InChI is InChI=1S/C21H21FN2O2/c22-18-8-4-2-6-16(18)12-23-21(26)20-17-7-3-1-5-15(17)11-19(25)24(20)13-14-9-10-14/h1-8,14,20H,9-13H2,(H,23,26). The predicted octanol–water partition coefficient (Wildman–Crippen LogP) is 2.98. The van der Waals surface area contributed by atoms with Gasteiger partial charge < -0.3 is 10.2 Å². The quantitative estimate of drug-likeness (QED) is 0.899. The molecule has 1 fully saturated rings. The largest absolute Gasteiger partial charge is 0.350 e. The maximum absolute atomic E-state index is 13.8. The van der Waals surface area contributed by atoms with Crippen LogP contribution in [-0.4, -0.2) is 23.3 Å². The minimum absolute atomic E-state index is 0.0124. The molecule has 4 nitrogen and oxygen atoms in total. The lowest BCUT2D eigenvalue weighted by Crippen LogP contribution is -2.48. The molecule has 0 radical (unpaired) electrons. The van der Waals surface area contributed by atoms with E-state index in [-0.39, 0.29) is 24.2 Å². The summed E-state index contributed by atoms with van der Waals surface area (Å²) in [7, 11) is 0. The van der Waals surface area contributed by atoms with Crippen molar-refractivity contribution in [3.8, 4) is 0 Å². The number of carbonyl (C=O) groups excluding carboxylic acids is 2. The Morgan fingerprint density at radius 3 is 2.62 bits per heavy atom. The number of halogens is 1. The molecule has 0 spiro atoms. The fourth-order valence-corrected chi connectivity index (χ4v) is 3.53. The highest BCUT2D eigenvalue weighted by atomic mass is 19.1. The first-order chi connectivity index (χ1) is 12.6. The minimum Gasteiger partial charge on any atom is -0.350 e. The zero-order valence-electron chi connectivity index (χ0n) is 14.5. The van der Waals surface area contributed by atoms with Crippen molar-refractivity contribution in [2.75, 3.05) is 6.54 Å².